The quantitative estimate of drug-likeness (QED) is 0.494. The molecule has 18 heavy (non-hydrogen) atoms. The van der Waals surface area contributed by atoms with E-state index in [1.165, 1.54) is 51.4 Å². The molecular weight excluding hydrogens is 420 g/mol. The van der Waals surface area contributed by atoms with Gasteiger partial charge in [0, 0.05) is 0 Å². The van der Waals surface area contributed by atoms with Crippen molar-refractivity contribution in [3.8, 4) is 0 Å². The van der Waals surface area contributed by atoms with Crippen LogP contribution in [0.3, 0.4) is 0 Å². The van der Waals surface area contributed by atoms with Crippen LogP contribution in [0.15, 0.2) is 44.6 Å². The van der Waals surface area contributed by atoms with Crippen LogP contribution in [0.5, 0.6) is 0 Å². The Morgan fingerprint density at radius 1 is 0.611 bits per heavy atom. The fourth-order valence-corrected chi connectivity index (χ4v) is 5.51. The molecule has 0 saturated carbocycles. The smallest absolute Gasteiger partial charge is 0.147 e. The molecule has 0 radical (unpaired) electrons. The normalized spacial score (nSPS) is 20.9. The van der Waals surface area contributed by atoms with Gasteiger partial charge in [-0.3, -0.25) is 0 Å². The zero-order valence-corrected chi connectivity index (χ0v) is 14.1. The second-order valence-electron chi connectivity index (χ2n) is 4.50. The summed E-state index contributed by atoms with van der Waals surface area (Å²) < 4.78 is 3.59. The van der Waals surface area contributed by atoms with E-state index >= 15 is 0 Å². The molecule has 0 nitrogen and oxygen atoms in total. The molecule has 0 aromatic rings. The van der Waals surface area contributed by atoms with Crippen LogP contribution in [0.1, 0.15) is 51.4 Å². The number of hydrogen-bond acceptors (Lipinski definition) is 0. The summed E-state index contributed by atoms with van der Waals surface area (Å²) in [6, 6.07) is 0. The van der Waals surface area contributed by atoms with Crippen molar-refractivity contribution < 1.29 is 17.7 Å². The maximum absolute atomic E-state index is 2.54. The molecule has 0 fully saturated rings. The first-order valence-corrected chi connectivity index (χ1v) is 9.13. The van der Waals surface area contributed by atoms with Crippen molar-refractivity contribution in [1.29, 1.82) is 0 Å². The Morgan fingerprint density at radius 3 is 1.56 bits per heavy atom. The second-order valence-corrected chi connectivity index (χ2v) is 8.18. The largest absolute Gasteiger partial charge is 0.147 e. The minimum Gasteiger partial charge on any atom is -0.147 e. The Kier molecular flexibility index (Phi) is 8.67. The summed E-state index contributed by atoms with van der Waals surface area (Å²) in [5.74, 6) is 0. The maximum atomic E-state index is 2.54. The van der Waals surface area contributed by atoms with Crippen molar-refractivity contribution in [2.75, 3.05) is 0 Å². The van der Waals surface area contributed by atoms with Gasteiger partial charge in [0.15, 0.2) is 0 Å². The van der Waals surface area contributed by atoms with E-state index in [1.807, 2.05) is 0 Å². The average molecular weight is 443 g/mol. The molecule has 0 unspecified atom stereocenters. The maximum Gasteiger partial charge on any atom is -0.147 e. The first-order chi connectivity index (χ1) is 8.45. The molecule has 0 aliphatic heterocycles. The van der Waals surface area contributed by atoms with E-state index in [0.717, 1.165) is 0 Å². The van der Waals surface area contributed by atoms with E-state index in [9.17, 15) is 0 Å². The first-order valence-electron chi connectivity index (χ1n) is 6.73. The predicted octanol–water partition coefficient (Wildman–Crippen LogP) is 5.52. The third-order valence-corrected chi connectivity index (χ3v) is 6.72. The van der Waals surface area contributed by atoms with E-state index in [2.05, 4.69) is 36.5 Å². The number of allylic oxidation sites excluding steroid dienone is 8. The van der Waals surface area contributed by atoms with Gasteiger partial charge >= 0.3 is 114 Å². The summed E-state index contributed by atoms with van der Waals surface area (Å²) in [6.07, 6.45) is 24.7. The third kappa shape index (κ3) is 6.18. The number of rotatable bonds is 2. The molecule has 0 heterocycles. The SMILES string of the molecule is C1=CCC[C]([Ir][C]2=CCCC=CCC2)=CCC1.Cl. The molecule has 2 heteroatoms. The molecule has 0 aromatic carbocycles. The van der Waals surface area contributed by atoms with Gasteiger partial charge < -0.3 is 0 Å². The molecule has 0 atom stereocenters. The van der Waals surface area contributed by atoms with Gasteiger partial charge in [0.05, 0.1) is 0 Å². The summed E-state index contributed by atoms with van der Waals surface area (Å²) in [4.78, 5) is 0. The molecule has 2 rings (SSSR count). The molecule has 2 aliphatic rings. The zero-order valence-electron chi connectivity index (χ0n) is 10.9. The van der Waals surface area contributed by atoms with Gasteiger partial charge in [-0.15, -0.1) is 12.4 Å². The predicted molar refractivity (Wildman–Crippen MR) is 78.6 cm³/mol. The fraction of sp³-hybridized carbons (Fsp3) is 0.500. The van der Waals surface area contributed by atoms with Crippen molar-refractivity contribution in [2.45, 2.75) is 51.4 Å². The number of hydrogen-bond donors (Lipinski definition) is 0. The number of halogens is 1. The fourth-order valence-electron chi connectivity index (χ4n) is 2.05. The van der Waals surface area contributed by atoms with Gasteiger partial charge in [-0.1, -0.05) is 0 Å². The molecule has 0 aromatic heterocycles. The summed E-state index contributed by atoms with van der Waals surface area (Å²) >= 11 is 0.0328. The Balaban J connectivity index is 0.00000162. The van der Waals surface area contributed by atoms with Crippen molar-refractivity contribution in [1.82, 2.24) is 0 Å². The zero-order chi connectivity index (χ0) is 11.8. The Morgan fingerprint density at radius 2 is 1.06 bits per heavy atom. The van der Waals surface area contributed by atoms with E-state index in [0.29, 0.717) is 0 Å². The van der Waals surface area contributed by atoms with E-state index < -0.39 is 0 Å². The van der Waals surface area contributed by atoms with Crippen molar-refractivity contribution >= 4 is 12.4 Å². The molecule has 103 valence electrons. The van der Waals surface area contributed by atoms with Crippen molar-refractivity contribution in [2.24, 2.45) is 0 Å². The van der Waals surface area contributed by atoms with Gasteiger partial charge in [0.2, 0.25) is 0 Å². The minimum absolute atomic E-state index is 0. The molecule has 0 spiro atoms. The third-order valence-electron chi connectivity index (χ3n) is 3.00. The van der Waals surface area contributed by atoms with Crippen LogP contribution in [0.2, 0.25) is 0 Å². The summed E-state index contributed by atoms with van der Waals surface area (Å²) in [7, 11) is 0. The molecule has 2 aliphatic carbocycles. The minimum atomic E-state index is 0. The van der Waals surface area contributed by atoms with Gasteiger partial charge in [0.25, 0.3) is 0 Å². The topological polar surface area (TPSA) is 0 Å². The monoisotopic (exact) mass is 443 g/mol. The molecule has 0 saturated heterocycles. The average Bonchev–Trinajstić information content (AvgIpc) is 2.24. The van der Waals surface area contributed by atoms with E-state index in [4.69, 9.17) is 0 Å². The van der Waals surface area contributed by atoms with Gasteiger partial charge in [-0.2, -0.15) is 0 Å². The summed E-state index contributed by atoms with van der Waals surface area (Å²) in [5, 5.41) is 0. The Hall–Kier alpha value is -0.101. The van der Waals surface area contributed by atoms with Crippen LogP contribution < -0.4 is 0 Å². The molecule has 0 amide bonds. The van der Waals surface area contributed by atoms with Crippen molar-refractivity contribution in [3.63, 3.8) is 0 Å². The molecular formula is C16H23ClIr. The van der Waals surface area contributed by atoms with Crippen LogP contribution in [0.25, 0.3) is 0 Å². The van der Waals surface area contributed by atoms with Crippen molar-refractivity contribution in [3.05, 3.63) is 44.6 Å². The van der Waals surface area contributed by atoms with E-state index in [-0.39, 0.29) is 30.1 Å². The van der Waals surface area contributed by atoms with Gasteiger partial charge in [0.1, 0.15) is 0 Å². The van der Waals surface area contributed by atoms with Crippen LogP contribution in [0, 0.1) is 0 Å². The summed E-state index contributed by atoms with van der Waals surface area (Å²) in [5.41, 5.74) is 0. The van der Waals surface area contributed by atoms with Crippen LogP contribution in [0.4, 0.5) is 0 Å². The first kappa shape index (κ1) is 16.0. The van der Waals surface area contributed by atoms with Crippen LogP contribution in [-0.2, 0) is 17.7 Å². The standard InChI is InChI=1S/2C8H11.ClH.Ir/c2*1-2-4-6-8-7-5-3-1;;/h2*1-2,7H,3-6H2;1H;. The van der Waals surface area contributed by atoms with Gasteiger partial charge in [-0.05, 0) is 0 Å². The second kappa shape index (κ2) is 9.78. The molecule has 0 N–H and O–H groups in total. The van der Waals surface area contributed by atoms with Crippen LogP contribution in [-0.4, -0.2) is 0 Å². The van der Waals surface area contributed by atoms with E-state index in [1.54, 1.807) is 8.17 Å². The van der Waals surface area contributed by atoms with Gasteiger partial charge in [-0.25, -0.2) is 0 Å². The Bertz CT molecular complexity index is 316. The molecule has 0 bridgehead atoms. The summed E-state index contributed by atoms with van der Waals surface area (Å²) in [6.45, 7) is 0. The Labute approximate surface area is 126 Å². The van der Waals surface area contributed by atoms with Crippen LogP contribution >= 0.6 is 12.4 Å².